The molecule has 2 rings (SSSR count). The van der Waals surface area contributed by atoms with E-state index < -0.39 is 17.8 Å². The van der Waals surface area contributed by atoms with Crippen LogP contribution in [0.4, 0.5) is 0 Å². The molecule has 2 amide bonds. The second kappa shape index (κ2) is 8.30. The monoisotopic (exact) mass is 427 g/mol. The predicted molar refractivity (Wildman–Crippen MR) is 97.8 cm³/mol. The molecule has 0 spiro atoms. The van der Waals surface area contributed by atoms with Crippen LogP contribution in [0, 0.1) is 6.92 Å². The average Bonchev–Trinajstić information content (AvgIpc) is 3.16. The molecule has 0 radical (unpaired) electrons. The Kier molecular flexibility index (Phi) is 6.38. The maximum absolute atomic E-state index is 12.4. The number of amides is 2. The Morgan fingerprint density at radius 3 is 2.48 bits per heavy atom. The van der Waals surface area contributed by atoms with Crippen molar-refractivity contribution in [3.05, 3.63) is 43.3 Å². The van der Waals surface area contributed by atoms with E-state index in [-0.39, 0.29) is 5.69 Å². The largest absolute Gasteiger partial charge is 0.465 e. The lowest BCUT2D eigenvalue weighted by Crippen LogP contribution is -2.41. The number of carbonyl (C=O) groups is 3. The molecule has 0 atom stereocenters. The third-order valence-electron chi connectivity index (χ3n) is 3.49. The molecule has 9 heteroatoms. The van der Waals surface area contributed by atoms with Crippen LogP contribution in [0.25, 0.3) is 0 Å². The number of carbonyl (C=O) groups excluding carboxylic acids is 3. The predicted octanol–water partition coefficient (Wildman–Crippen LogP) is 2.96. The third-order valence-corrected chi connectivity index (χ3v) is 5.12. The molecular formula is C16H18BrN3O4S. The molecule has 3 N–H and O–H groups in total. The van der Waals surface area contributed by atoms with Gasteiger partial charge in [0.2, 0.25) is 0 Å². The molecule has 0 saturated carbocycles. The molecule has 0 saturated heterocycles. The van der Waals surface area contributed by atoms with Gasteiger partial charge in [-0.1, -0.05) is 13.3 Å². The highest BCUT2D eigenvalue weighted by atomic mass is 79.9. The van der Waals surface area contributed by atoms with Crippen LogP contribution in [0.1, 0.15) is 55.1 Å². The molecule has 0 aliphatic heterocycles. The Bertz CT molecular complexity index is 812. The molecule has 0 aliphatic rings. The minimum atomic E-state index is -0.523. The van der Waals surface area contributed by atoms with Gasteiger partial charge in [0.15, 0.2) is 0 Å². The van der Waals surface area contributed by atoms with Gasteiger partial charge in [0, 0.05) is 5.69 Å². The van der Waals surface area contributed by atoms with Gasteiger partial charge < -0.3 is 9.72 Å². The minimum absolute atomic E-state index is 0.243. The van der Waals surface area contributed by atoms with E-state index in [0.29, 0.717) is 28.1 Å². The lowest BCUT2D eigenvalue weighted by molar-refractivity contribution is 0.0598. The highest BCUT2D eigenvalue weighted by Crippen LogP contribution is 2.23. The number of aryl methyl sites for hydroxylation is 1. The number of rotatable bonds is 5. The van der Waals surface area contributed by atoms with E-state index in [0.717, 1.165) is 10.2 Å². The topological polar surface area (TPSA) is 100 Å². The summed E-state index contributed by atoms with van der Waals surface area (Å²) in [6, 6.07) is 3.39. The number of thiophene rings is 1. The van der Waals surface area contributed by atoms with E-state index in [1.54, 1.807) is 19.1 Å². The Hall–Kier alpha value is -2.13. The van der Waals surface area contributed by atoms with E-state index in [1.807, 2.05) is 6.92 Å². The van der Waals surface area contributed by atoms with Gasteiger partial charge in [-0.25, -0.2) is 4.79 Å². The summed E-state index contributed by atoms with van der Waals surface area (Å²) in [6.45, 7) is 3.64. The van der Waals surface area contributed by atoms with Crippen LogP contribution in [0.3, 0.4) is 0 Å². The van der Waals surface area contributed by atoms with Gasteiger partial charge in [-0.05, 0) is 47.0 Å². The lowest BCUT2D eigenvalue weighted by atomic mass is 10.0. The highest BCUT2D eigenvalue weighted by Gasteiger charge is 2.25. The van der Waals surface area contributed by atoms with E-state index in [9.17, 15) is 14.4 Å². The van der Waals surface area contributed by atoms with Crippen LogP contribution in [0.2, 0.25) is 0 Å². The molecule has 2 aromatic heterocycles. The number of hydrogen-bond acceptors (Lipinski definition) is 5. The first-order valence-corrected chi connectivity index (χ1v) is 9.15. The summed E-state index contributed by atoms with van der Waals surface area (Å²) in [5.41, 5.74) is 6.48. The smallest absolute Gasteiger partial charge is 0.339 e. The number of ether oxygens (including phenoxy) is 1. The molecule has 0 aromatic carbocycles. The molecule has 0 unspecified atom stereocenters. The molecule has 2 aromatic rings. The van der Waals surface area contributed by atoms with Gasteiger partial charge in [-0.15, -0.1) is 11.3 Å². The quantitative estimate of drug-likeness (QED) is 0.504. The van der Waals surface area contributed by atoms with E-state index >= 15 is 0 Å². The molecule has 134 valence electrons. The van der Waals surface area contributed by atoms with Crippen molar-refractivity contribution in [3.8, 4) is 0 Å². The Balaban J connectivity index is 2.18. The zero-order valence-electron chi connectivity index (χ0n) is 14.0. The molecule has 25 heavy (non-hydrogen) atoms. The number of hydrogen-bond donors (Lipinski definition) is 3. The Morgan fingerprint density at radius 2 is 1.92 bits per heavy atom. The maximum Gasteiger partial charge on any atom is 0.339 e. The van der Waals surface area contributed by atoms with Crippen molar-refractivity contribution in [2.45, 2.75) is 26.7 Å². The third kappa shape index (κ3) is 4.29. The zero-order valence-corrected chi connectivity index (χ0v) is 16.4. The highest BCUT2D eigenvalue weighted by molar-refractivity contribution is 9.11. The van der Waals surface area contributed by atoms with Crippen molar-refractivity contribution < 1.29 is 19.1 Å². The fourth-order valence-corrected chi connectivity index (χ4v) is 3.70. The van der Waals surface area contributed by atoms with Crippen LogP contribution in [0.5, 0.6) is 0 Å². The van der Waals surface area contributed by atoms with Crippen LogP contribution in [-0.2, 0) is 11.2 Å². The molecule has 0 bridgehead atoms. The normalized spacial score (nSPS) is 10.4. The molecule has 7 nitrogen and oxygen atoms in total. The molecule has 0 fully saturated rings. The molecular weight excluding hydrogens is 410 g/mol. The van der Waals surface area contributed by atoms with E-state index in [2.05, 4.69) is 31.8 Å². The Labute approximate surface area is 157 Å². The van der Waals surface area contributed by atoms with Crippen molar-refractivity contribution in [3.63, 3.8) is 0 Å². The van der Waals surface area contributed by atoms with Gasteiger partial charge in [-0.2, -0.15) is 0 Å². The fraction of sp³-hybridized carbons (Fsp3) is 0.312. The first-order valence-electron chi connectivity index (χ1n) is 7.54. The summed E-state index contributed by atoms with van der Waals surface area (Å²) >= 11 is 4.53. The van der Waals surface area contributed by atoms with Crippen LogP contribution in [0.15, 0.2) is 15.9 Å². The van der Waals surface area contributed by atoms with Crippen molar-refractivity contribution in [1.82, 2.24) is 15.8 Å². The van der Waals surface area contributed by atoms with E-state index in [1.165, 1.54) is 18.4 Å². The van der Waals surface area contributed by atoms with Gasteiger partial charge in [0.1, 0.15) is 5.69 Å². The van der Waals surface area contributed by atoms with Gasteiger partial charge in [0.25, 0.3) is 11.8 Å². The summed E-state index contributed by atoms with van der Waals surface area (Å²) < 4.78 is 5.61. The standard InChI is InChI=1S/C16H18BrN3O4S/c1-4-5-9-12(16(23)24-3)8(2)18-13(9)15(22)20-19-14(21)10-6-7-11(17)25-10/h6-7,18H,4-5H2,1-3H3,(H,19,21)(H,20,22). The van der Waals surface area contributed by atoms with Crippen LogP contribution < -0.4 is 10.9 Å². The van der Waals surface area contributed by atoms with Gasteiger partial charge in [0.05, 0.1) is 21.3 Å². The SMILES string of the molecule is CCCc1c(C(=O)NNC(=O)c2ccc(Br)s2)[nH]c(C)c1C(=O)OC. The summed E-state index contributed by atoms with van der Waals surface area (Å²) in [5, 5.41) is 0. The number of nitrogens with one attached hydrogen (secondary N) is 3. The van der Waals surface area contributed by atoms with Gasteiger partial charge in [-0.3, -0.25) is 20.4 Å². The number of methoxy groups -OCH3 is 1. The summed E-state index contributed by atoms with van der Waals surface area (Å²) in [5.74, 6) is -1.44. The van der Waals surface area contributed by atoms with Crippen molar-refractivity contribution in [1.29, 1.82) is 0 Å². The first kappa shape index (κ1) is 19.2. The second-order valence-electron chi connectivity index (χ2n) is 5.23. The number of H-pyrrole nitrogens is 1. The average molecular weight is 428 g/mol. The number of aromatic amines is 1. The number of aromatic nitrogens is 1. The Morgan fingerprint density at radius 1 is 1.24 bits per heavy atom. The van der Waals surface area contributed by atoms with Crippen molar-refractivity contribution in [2.75, 3.05) is 7.11 Å². The van der Waals surface area contributed by atoms with Crippen molar-refractivity contribution >= 4 is 45.1 Å². The van der Waals surface area contributed by atoms with Gasteiger partial charge >= 0.3 is 5.97 Å². The lowest BCUT2D eigenvalue weighted by Gasteiger charge is -2.08. The first-order chi connectivity index (χ1) is 11.9. The number of halogens is 1. The minimum Gasteiger partial charge on any atom is -0.465 e. The zero-order chi connectivity index (χ0) is 18.6. The second-order valence-corrected chi connectivity index (χ2v) is 7.70. The summed E-state index contributed by atoms with van der Waals surface area (Å²) in [4.78, 5) is 39.8. The summed E-state index contributed by atoms with van der Waals surface area (Å²) in [7, 11) is 1.30. The fourth-order valence-electron chi connectivity index (χ4n) is 2.42. The maximum atomic E-state index is 12.4. The van der Waals surface area contributed by atoms with Crippen LogP contribution in [-0.4, -0.2) is 29.9 Å². The number of hydrazine groups is 1. The van der Waals surface area contributed by atoms with Crippen molar-refractivity contribution in [2.24, 2.45) is 0 Å². The van der Waals surface area contributed by atoms with Crippen LogP contribution >= 0.6 is 27.3 Å². The van der Waals surface area contributed by atoms with E-state index in [4.69, 9.17) is 4.74 Å². The molecule has 2 heterocycles. The summed E-state index contributed by atoms with van der Waals surface area (Å²) in [6.07, 6.45) is 1.28. The molecule has 0 aliphatic carbocycles. The number of esters is 1.